The van der Waals surface area contributed by atoms with Crippen LogP contribution in [0, 0.1) is 11.7 Å². The molecule has 19 heavy (non-hydrogen) atoms. The molecule has 0 N–H and O–H groups in total. The summed E-state index contributed by atoms with van der Waals surface area (Å²) in [6.45, 7) is 6.12. The van der Waals surface area contributed by atoms with Crippen LogP contribution in [0.1, 0.15) is 20.3 Å². The number of nitrogens with zero attached hydrogens (tertiary/aromatic N) is 2. The second kappa shape index (κ2) is 4.60. The van der Waals surface area contributed by atoms with Crippen molar-refractivity contribution >= 4 is 11.6 Å². The Bertz CT molecular complexity index is 503. The molecule has 2 saturated heterocycles. The molecule has 2 atom stereocenters. The van der Waals surface area contributed by atoms with Gasteiger partial charge in [-0.15, -0.1) is 0 Å². The number of carbonyl (C=O) groups excluding carboxylic acids is 1. The average molecular weight is 262 g/mol. The smallest absolute Gasteiger partial charge is 0.244 e. The van der Waals surface area contributed by atoms with Gasteiger partial charge >= 0.3 is 0 Å². The number of benzene rings is 1. The SMILES string of the molecule is CC(C)CN1C[C@@H]2C[C@H]1C(=O)N2c1ccccc1F. The first kappa shape index (κ1) is 12.6. The van der Waals surface area contributed by atoms with Crippen molar-refractivity contribution in [3.8, 4) is 0 Å². The van der Waals surface area contributed by atoms with E-state index in [2.05, 4.69) is 18.7 Å². The molecule has 1 amide bonds. The molecular formula is C15H19FN2O. The predicted molar refractivity (Wildman–Crippen MR) is 72.5 cm³/mol. The summed E-state index contributed by atoms with van der Waals surface area (Å²) in [5.74, 6) is 0.301. The number of hydrogen-bond donors (Lipinski definition) is 0. The Morgan fingerprint density at radius 2 is 2.11 bits per heavy atom. The topological polar surface area (TPSA) is 23.6 Å². The minimum atomic E-state index is -0.307. The fraction of sp³-hybridized carbons (Fsp3) is 0.533. The summed E-state index contributed by atoms with van der Waals surface area (Å²) in [5.41, 5.74) is 0.434. The van der Waals surface area contributed by atoms with Crippen LogP contribution in [0.4, 0.5) is 10.1 Å². The molecule has 2 aliphatic rings. The van der Waals surface area contributed by atoms with Gasteiger partial charge in [0.05, 0.1) is 17.8 Å². The first-order chi connectivity index (χ1) is 9.08. The molecule has 0 saturated carbocycles. The summed E-state index contributed by atoms with van der Waals surface area (Å²) in [6, 6.07) is 6.63. The van der Waals surface area contributed by atoms with Crippen molar-refractivity contribution in [2.24, 2.45) is 5.92 Å². The first-order valence-corrected chi connectivity index (χ1v) is 6.89. The zero-order valence-electron chi connectivity index (χ0n) is 11.3. The van der Waals surface area contributed by atoms with Gasteiger partial charge in [-0.1, -0.05) is 26.0 Å². The second-order valence-corrected chi connectivity index (χ2v) is 5.91. The monoisotopic (exact) mass is 262 g/mol. The van der Waals surface area contributed by atoms with Crippen LogP contribution in [0.3, 0.4) is 0 Å². The van der Waals surface area contributed by atoms with E-state index in [9.17, 15) is 9.18 Å². The fourth-order valence-corrected chi connectivity index (χ4v) is 3.30. The molecule has 0 spiro atoms. The standard InChI is InChI=1S/C15H19FN2O/c1-10(2)8-17-9-11-7-14(17)15(19)18(11)13-6-4-3-5-12(13)16/h3-6,10-11,14H,7-9H2,1-2H3/t11-,14-/m0/s1. The van der Waals surface area contributed by atoms with Crippen molar-refractivity contribution in [2.75, 3.05) is 18.0 Å². The lowest BCUT2D eigenvalue weighted by molar-refractivity contribution is -0.122. The molecular weight excluding hydrogens is 243 g/mol. The third kappa shape index (κ3) is 2.04. The number of likely N-dealkylation sites (tertiary alicyclic amines) is 1. The van der Waals surface area contributed by atoms with E-state index in [4.69, 9.17) is 0 Å². The molecule has 0 radical (unpaired) electrons. The molecule has 2 fully saturated rings. The molecule has 4 heteroatoms. The van der Waals surface area contributed by atoms with Crippen LogP contribution in [0.5, 0.6) is 0 Å². The molecule has 0 unspecified atom stereocenters. The largest absolute Gasteiger partial charge is 0.304 e. The van der Waals surface area contributed by atoms with E-state index in [1.54, 1.807) is 23.1 Å². The van der Waals surface area contributed by atoms with Crippen molar-refractivity contribution in [1.29, 1.82) is 0 Å². The highest BCUT2D eigenvalue weighted by atomic mass is 19.1. The minimum Gasteiger partial charge on any atom is -0.304 e. The number of carbonyl (C=O) groups is 1. The normalized spacial score (nSPS) is 26.7. The van der Waals surface area contributed by atoms with Gasteiger partial charge in [0.15, 0.2) is 0 Å². The lowest BCUT2D eigenvalue weighted by Gasteiger charge is -2.34. The number of hydrogen-bond acceptors (Lipinski definition) is 2. The van der Waals surface area contributed by atoms with E-state index >= 15 is 0 Å². The van der Waals surface area contributed by atoms with E-state index in [1.807, 2.05) is 0 Å². The number of para-hydroxylation sites is 1. The highest BCUT2D eigenvalue weighted by Crippen LogP contribution is 2.36. The lowest BCUT2D eigenvalue weighted by atomic mass is 10.1. The van der Waals surface area contributed by atoms with Crippen LogP contribution in [-0.4, -0.2) is 36.0 Å². The summed E-state index contributed by atoms with van der Waals surface area (Å²) in [7, 11) is 0. The minimum absolute atomic E-state index is 0.0491. The highest BCUT2D eigenvalue weighted by Gasteiger charge is 2.50. The van der Waals surface area contributed by atoms with Gasteiger partial charge in [-0.05, 0) is 24.5 Å². The van der Waals surface area contributed by atoms with Crippen molar-refractivity contribution in [2.45, 2.75) is 32.4 Å². The van der Waals surface area contributed by atoms with E-state index in [0.717, 1.165) is 19.5 Å². The predicted octanol–water partition coefficient (Wildman–Crippen LogP) is 2.27. The fourth-order valence-electron chi connectivity index (χ4n) is 3.30. The maximum absolute atomic E-state index is 13.8. The van der Waals surface area contributed by atoms with Crippen LogP contribution in [0.25, 0.3) is 0 Å². The number of piperazine rings is 1. The number of rotatable bonds is 3. The van der Waals surface area contributed by atoms with Gasteiger partial charge in [-0.3, -0.25) is 9.69 Å². The third-order valence-corrected chi connectivity index (χ3v) is 3.98. The van der Waals surface area contributed by atoms with Gasteiger partial charge in [0, 0.05) is 13.1 Å². The maximum atomic E-state index is 13.8. The molecule has 2 bridgehead atoms. The molecule has 1 aromatic rings. The second-order valence-electron chi connectivity index (χ2n) is 5.91. The molecule has 1 aromatic carbocycles. The van der Waals surface area contributed by atoms with Crippen molar-refractivity contribution in [3.63, 3.8) is 0 Å². The average Bonchev–Trinajstić information content (AvgIpc) is 2.87. The van der Waals surface area contributed by atoms with Crippen LogP contribution in [-0.2, 0) is 4.79 Å². The van der Waals surface area contributed by atoms with Crippen molar-refractivity contribution < 1.29 is 9.18 Å². The molecule has 2 heterocycles. The summed E-state index contributed by atoms with van der Waals surface area (Å²) >= 11 is 0. The molecule has 0 aromatic heterocycles. The molecule has 3 nitrogen and oxygen atoms in total. The number of anilines is 1. The van der Waals surface area contributed by atoms with Gasteiger partial charge in [-0.2, -0.15) is 0 Å². The first-order valence-electron chi connectivity index (χ1n) is 6.89. The van der Waals surface area contributed by atoms with E-state index < -0.39 is 0 Å². The summed E-state index contributed by atoms with van der Waals surface area (Å²) in [4.78, 5) is 16.3. The van der Waals surface area contributed by atoms with Crippen molar-refractivity contribution in [3.05, 3.63) is 30.1 Å². The molecule has 0 aliphatic carbocycles. The van der Waals surface area contributed by atoms with Gasteiger partial charge in [0.2, 0.25) is 5.91 Å². The van der Waals surface area contributed by atoms with Gasteiger partial charge in [-0.25, -0.2) is 4.39 Å². The van der Waals surface area contributed by atoms with Crippen LogP contribution in [0.15, 0.2) is 24.3 Å². The van der Waals surface area contributed by atoms with Gasteiger partial charge in [0.1, 0.15) is 5.82 Å². The Morgan fingerprint density at radius 3 is 2.74 bits per heavy atom. The third-order valence-electron chi connectivity index (χ3n) is 3.98. The van der Waals surface area contributed by atoms with Crippen molar-refractivity contribution in [1.82, 2.24) is 4.90 Å². The van der Waals surface area contributed by atoms with Crippen LogP contribution >= 0.6 is 0 Å². The van der Waals surface area contributed by atoms with Crippen LogP contribution in [0.2, 0.25) is 0 Å². The number of fused-ring (bicyclic) bond motifs is 2. The Kier molecular flexibility index (Phi) is 3.05. The zero-order chi connectivity index (χ0) is 13.6. The highest BCUT2D eigenvalue weighted by molar-refractivity contribution is 6.01. The lowest BCUT2D eigenvalue weighted by Crippen LogP contribution is -2.51. The Morgan fingerprint density at radius 1 is 1.37 bits per heavy atom. The van der Waals surface area contributed by atoms with Gasteiger partial charge < -0.3 is 4.90 Å². The number of amides is 1. The van der Waals surface area contributed by atoms with Crippen LogP contribution < -0.4 is 4.90 Å². The molecule has 102 valence electrons. The Labute approximate surface area is 113 Å². The molecule has 2 aliphatic heterocycles. The van der Waals surface area contributed by atoms with E-state index in [-0.39, 0.29) is 23.8 Å². The summed E-state index contributed by atoms with van der Waals surface area (Å²) < 4.78 is 13.8. The van der Waals surface area contributed by atoms with E-state index in [0.29, 0.717) is 11.6 Å². The Balaban J connectivity index is 1.83. The number of halogens is 1. The Hall–Kier alpha value is -1.42. The van der Waals surface area contributed by atoms with E-state index in [1.165, 1.54) is 6.07 Å². The molecule has 3 rings (SSSR count). The van der Waals surface area contributed by atoms with Gasteiger partial charge in [0.25, 0.3) is 0 Å². The maximum Gasteiger partial charge on any atom is 0.244 e. The summed E-state index contributed by atoms with van der Waals surface area (Å²) in [5, 5.41) is 0. The quantitative estimate of drug-likeness (QED) is 0.834. The zero-order valence-corrected chi connectivity index (χ0v) is 11.3. The summed E-state index contributed by atoms with van der Waals surface area (Å²) in [6.07, 6.45) is 0.833.